The highest BCUT2D eigenvalue weighted by atomic mass is 16.5. The first-order valence-corrected chi connectivity index (χ1v) is 11.5. The first-order valence-electron chi connectivity index (χ1n) is 11.5. The predicted octanol–water partition coefficient (Wildman–Crippen LogP) is 3.46. The number of ether oxygens (including phenoxy) is 2. The van der Waals surface area contributed by atoms with Crippen LogP contribution in [0.5, 0.6) is 5.75 Å². The van der Waals surface area contributed by atoms with E-state index >= 15 is 0 Å². The van der Waals surface area contributed by atoms with Crippen molar-refractivity contribution in [2.24, 2.45) is 0 Å². The number of nitrogens with one attached hydrogen (secondary N) is 1. The highest BCUT2D eigenvalue weighted by Crippen LogP contribution is 2.30. The summed E-state index contributed by atoms with van der Waals surface area (Å²) >= 11 is 0. The van der Waals surface area contributed by atoms with E-state index in [0.717, 1.165) is 51.4 Å². The zero-order valence-electron chi connectivity index (χ0n) is 18.4. The third-order valence-corrected chi connectivity index (χ3v) is 6.33. The predicted molar refractivity (Wildman–Crippen MR) is 117 cm³/mol. The van der Waals surface area contributed by atoms with E-state index in [2.05, 4.69) is 5.32 Å². The van der Waals surface area contributed by atoms with Gasteiger partial charge in [0.2, 0.25) is 0 Å². The van der Waals surface area contributed by atoms with Crippen LogP contribution in [0.25, 0.3) is 0 Å². The summed E-state index contributed by atoms with van der Waals surface area (Å²) in [5.41, 5.74) is 0.422. The molecule has 0 aliphatic heterocycles. The molecule has 1 aromatic rings. The molecule has 31 heavy (non-hydrogen) atoms. The average Bonchev–Trinajstić information content (AvgIpc) is 2.83. The van der Waals surface area contributed by atoms with Crippen LogP contribution < -0.4 is 10.1 Å². The van der Waals surface area contributed by atoms with Crippen molar-refractivity contribution >= 4 is 17.8 Å². The maximum Gasteiger partial charge on any atom is 0.325 e. The fraction of sp³-hybridized carbons (Fsp3) is 0.625. The van der Waals surface area contributed by atoms with Gasteiger partial charge in [-0.2, -0.15) is 0 Å². The van der Waals surface area contributed by atoms with Crippen LogP contribution >= 0.6 is 0 Å². The number of nitrogens with zero attached hydrogens (tertiary/aromatic N) is 1. The first kappa shape index (κ1) is 23.1. The summed E-state index contributed by atoms with van der Waals surface area (Å²) in [4.78, 5) is 39.3. The van der Waals surface area contributed by atoms with Gasteiger partial charge in [-0.05, 0) is 49.9 Å². The average molecular weight is 431 g/mol. The van der Waals surface area contributed by atoms with E-state index < -0.39 is 5.97 Å². The molecule has 0 radical (unpaired) electrons. The molecule has 0 unspecified atom stereocenters. The molecule has 2 saturated carbocycles. The molecule has 1 aromatic carbocycles. The fourth-order valence-electron chi connectivity index (χ4n) is 4.69. The molecule has 0 saturated heterocycles. The summed E-state index contributed by atoms with van der Waals surface area (Å²) in [5, 5.41) is 2.54. The van der Waals surface area contributed by atoms with Crippen molar-refractivity contribution in [3.8, 4) is 5.75 Å². The second kappa shape index (κ2) is 11.7. The Bertz CT molecular complexity index is 719. The van der Waals surface area contributed by atoms with Crippen LogP contribution in [0.1, 0.15) is 74.6 Å². The molecule has 0 spiro atoms. The van der Waals surface area contributed by atoms with E-state index in [1.54, 1.807) is 31.4 Å². The van der Waals surface area contributed by atoms with E-state index in [1.807, 2.05) is 4.90 Å². The zero-order valence-corrected chi connectivity index (χ0v) is 18.4. The molecule has 3 rings (SSSR count). The molecular formula is C24H34N2O5. The third-order valence-electron chi connectivity index (χ3n) is 6.33. The van der Waals surface area contributed by atoms with Crippen molar-refractivity contribution in [2.45, 2.75) is 76.3 Å². The minimum atomic E-state index is -0.609. The van der Waals surface area contributed by atoms with E-state index in [-0.39, 0.29) is 37.0 Å². The number of hydrogen-bond donors (Lipinski definition) is 1. The number of benzene rings is 1. The lowest BCUT2D eigenvalue weighted by Gasteiger charge is -2.41. The first-order chi connectivity index (χ1) is 15.1. The number of hydrogen-bond acceptors (Lipinski definition) is 5. The number of rotatable bonds is 8. The quantitative estimate of drug-likeness (QED) is 0.639. The molecule has 7 nitrogen and oxygen atoms in total. The highest BCUT2D eigenvalue weighted by Gasteiger charge is 2.32. The number of carbonyl (C=O) groups is 3. The van der Waals surface area contributed by atoms with Crippen molar-refractivity contribution in [1.82, 2.24) is 10.2 Å². The van der Waals surface area contributed by atoms with Gasteiger partial charge < -0.3 is 19.7 Å². The summed E-state index contributed by atoms with van der Waals surface area (Å²) < 4.78 is 10.3. The van der Waals surface area contributed by atoms with Gasteiger partial charge in [-0.3, -0.25) is 14.4 Å². The molecule has 0 atom stereocenters. The van der Waals surface area contributed by atoms with Crippen molar-refractivity contribution in [2.75, 3.05) is 20.3 Å². The van der Waals surface area contributed by atoms with Crippen LogP contribution in [0.3, 0.4) is 0 Å². The highest BCUT2D eigenvalue weighted by molar-refractivity contribution is 5.96. The summed E-state index contributed by atoms with van der Waals surface area (Å²) in [7, 11) is 1.55. The zero-order chi connectivity index (χ0) is 22.1. The minimum Gasteiger partial charge on any atom is -0.497 e. The van der Waals surface area contributed by atoms with Gasteiger partial charge in [0.15, 0.2) is 6.61 Å². The molecule has 1 N–H and O–H groups in total. The van der Waals surface area contributed by atoms with Gasteiger partial charge in [0.25, 0.3) is 11.8 Å². The lowest BCUT2D eigenvalue weighted by Crippen LogP contribution is -2.50. The second-order valence-corrected chi connectivity index (χ2v) is 8.46. The van der Waals surface area contributed by atoms with Crippen LogP contribution in [-0.2, 0) is 14.3 Å². The molecule has 2 fully saturated rings. The normalized spacial score (nSPS) is 17.6. The molecule has 0 bridgehead atoms. The SMILES string of the molecule is COc1ccc(C(=O)NCC(=O)OCC(=O)N(C2CCCCC2)C2CCCCC2)cc1. The topological polar surface area (TPSA) is 84.9 Å². The smallest absolute Gasteiger partial charge is 0.325 e. The molecule has 7 heteroatoms. The lowest BCUT2D eigenvalue weighted by atomic mass is 9.88. The van der Waals surface area contributed by atoms with Gasteiger partial charge in [0, 0.05) is 17.6 Å². The number of esters is 1. The van der Waals surface area contributed by atoms with E-state index in [9.17, 15) is 14.4 Å². The van der Waals surface area contributed by atoms with Gasteiger partial charge in [0.1, 0.15) is 12.3 Å². The van der Waals surface area contributed by atoms with Crippen LogP contribution in [0.4, 0.5) is 0 Å². The maximum absolute atomic E-state index is 13.0. The summed E-state index contributed by atoms with van der Waals surface area (Å²) in [6, 6.07) is 7.12. The molecule has 2 aliphatic carbocycles. The molecule has 2 aliphatic rings. The Kier molecular flexibility index (Phi) is 8.74. The van der Waals surface area contributed by atoms with Crippen molar-refractivity contribution in [3.05, 3.63) is 29.8 Å². The van der Waals surface area contributed by atoms with Crippen LogP contribution in [0.15, 0.2) is 24.3 Å². The third kappa shape index (κ3) is 6.71. The van der Waals surface area contributed by atoms with Gasteiger partial charge in [-0.25, -0.2) is 0 Å². The minimum absolute atomic E-state index is 0.103. The van der Waals surface area contributed by atoms with E-state index in [4.69, 9.17) is 9.47 Å². The van der Waals surface area contributed by atoms with E-state index in [0.29, 0.717) is 11.3 Å². The summed E-state index contributed by atoms with van der Waals surface area (Å²) in [6.45, 7) is -0.533. The Hall–Kier alpha value is -2.57. The summed E-state index contributed by atoms with van der Waals surface area (Å²) in [6.07, 6.45) is 11.2. The molecule has 2 amide bonds. The monoisotopic (exact) mass is 430 g/mol. The largest absolute Gasteiger partial charge is 0.497 e. The van der Waals surface area contributed by atoms with Gasteiger partial charge in [0.05, 0.1) is 7.11 Å². The fourth-order valence-corrected chi connectivity index (χ4v) is 4.69. The van der Waals surface area contributed by atoms with Crippen molar-refractivity contribution in [1.29, 1.82) is 0 Å². The Balaban J connectivity index is 1.48. The number of amides is 2. The Morgan fingerprint density at radius 2 is 1.45 bits per heavy atom. The van der Waals surface area contributed by atoms with Gasteiger partial charge >= 0.3 is 5.97 Å². The number of methoxy groups -OCH3 is 1. The standard InChI is InChI=1S/C24H34N2O5/c1-30-21-14-12-18(13-15-21)24(29)25-16-23(28)31-17-22(27)26(19-8-4-2-5-9-19)20-10-6-3-7-11-20/h12-15,19-20H,2-11,16-17H2,1H3,(H,25,29). The maximum atomic E-state index is 13.0. The molecular weight excluding hydrogens is 396 g/mol. The van der Waals surface area contributed by atoms with Gasteiger partial charge in [-0.15, -0.1) is 0 Å². The lowest BCUT2D eigenvalue weighted by molar-refractivity contribution is -0.154. The Morgan fingerprint density at radius 3 is 1.97 bits per heavy atom. The van der Waals surface area contributed by atoms with Crippen LogP contribution in [0.2, 0.25) is 0 Å². The Morgan fingerprint density at radius 1 is 0.903 bits per heavy atom. The van der Waals surface area contributed by atoms with Crippen LogP contribution in [-0.4, -0.2) is 55.0 Å². The molecule has 0 heterocycles. The van der Waals surface area contributed by atoms with Crippen LogP contribution in [0, 0.1) is 0 Å². The van der Waals surface area contributed by atoms with Crippen molar-refractivity contribution < 1.29 is 23.9 Å². The summed E-state index contributed by atoms with van der Waals surface area (Å²) in [5.74, 6) is -0.442. The van der Waals surface area contributed by atoms with Crippen molar-refractivity contribution in [3.63, 3.8) is 0 Å². The van der Waals surface area contributed by atoms with Gasteiger partial charge in [-0.1, -0.05) is 38.5 Å². The van der Waals surface area contributed by atoms with E-state index in [1.165, 1.54) is 12.8 Å². The molecule has 0 aromatic heterocycles. The molecule has 170 valence electrons. The second-order valence-electron chi connectivity index (χ2n) is 8.46. The number of carbonyl (C=O) groups excluding carboxylic acids is 3. The Labute approximate surface area is 184 Å².